The van der Waals surface area contributed by atoms with Crippen molar-refractivity contribution in [3.8, 4) is 0 Å². The average molecular weight is 454 g/mol. The van der Waals surface area contributed by atoms with Gasteiger partial charge in [0.25, 0.3) is 5.91 Å². The molecule has 5 rings (SSSR count). The molecule has 0 aromatic carbocycles. The van der Waals surface area contributed by atoms with Crippen LogP contribution in [0.2, 0.25) is 0 Å². The smallest absolute Gasteiger partial charge is 0.272 e. The van der Waals surface area contributed by atoms with Crippen molar-refractivity contribution in [2.75, 3.05) is 50.7 Å². The van der Waals surface area contributed by atoms with E-state index in [1.165, 1.54) is 25.9 Å². The Morgan fingerprint density at radius 2 is 1.70 bits per heavy atom. The van der Waals surface area contributed by atoms with Crippen LogP contribution in [0.5, 0.6) is 0 Å². The molecular formula is C24H35N7O2. The molecule has 0 atom stereocenters. The predicted octanol–water partition coefficient (Wildman–Crippen LogP) is 1.78. The molecule has 1 N–H and O–H groups in total. The van der Waals surface area contributed by atoms with E-state index in [1.54, 1.807) is 16.6 Å². The van der Waals surface area contributed by atoms with Crippen LogP contribution in [-0.2, 0) is 11.8 Å². The Balaban J connectivity index is 1.19. The van der Waals surface area contributed by atoms with Crippen LogP contribution in [0.1, 0.15) is 55.4 Å². The third-order valence-electron chi connectivity index (χ3n) is 7.34. The number of piperidine rings is 2. The summed E-state index contributed by atoms with van der Waals surface area (Å²) in [5, 5.41) is 8.40. The zero-order valence-electron chi connectivity index (χ0n) is 19.6. The standard InChI is InChI=1S/C24H35N7O2/c1-28-23-19(7-8-20(26-23)31-13-3-2-6-21(31)32)22(27-28)24(33)25-18-9-14-30(15-10-18)17-16-29-11-4-5-12-29/h7-8,18H,2-6,9-17H2,1H3,(H,25,33). The van der Waals surface area contributed by atoms with Gasteiger partial charge in [0.2, 0.25) is 5.91 Å². The average Bonchev–Trinajstić information content (AvgIpc) is 3.47. The molecule has 2 aromatic rings. The fourth-order valence-electron chi connectivity index (χ4n) is 5.33. The van der Waals surface area contributed by atoms with Crippen LogP contribution >= 0.6 is 0 Å². The van der Waals surface area contributed by atoms with Gasteiger partial charge in [-0.3, -0.25) is 14.5 Å². The molecule has 0 unspecified atom stereocenters. The molecular weight excluding hydrogens is 418 g/mol. The number of hydrogen-bond acceptors (Lipinski definition) is 6. The third-order valence-corrected chi connectivity index (χ3v) is 7.34. The van der Waals surface area contributed by atoms with Gasteiger partial charge in [0.1, 0.15) is 5.82 Å². The molecule has 9 nitrogen and oxygen atoms in total. The Hall–Kier alpha value is -2.52. The zero-order chi connectivity index (χ0) is 22.8. The van der Waals surface area contributed by atoms with E-state index in [0.29, 0.717) is 30.1 Å². The summed E-state index contributed by atoms with van der Waals surface area (Å²) in [5.74, 6) is 0.614. The highest BCUT2D eigenvalue weighted by Crippen LogP contribution is 2.24. The number of fused-ring (bicyclic) bond motifs is 1. The lowest BCUT2D eigenvalue weighted by atomic mass is 10.0. The van der Waals surface area contributed by atoms with Crippen LogP contribution in [0, 0.1) is 0 Å². The van der Waals surface area contributed by atoms with Crippen LogP contribution in [-0.4, -0.2) is 88.2 Å². The summed E-state index contributed by atoms with van der Waals surface area (Å²) in [6, 6.07) is 3.89. The van der Waals surface area contributed by atoms with Crippen LogP contribution < -0.4 is 10.2 Å². The highest BCUT2D eigenvalue weighted by molar-refractivity contribution is 6.04. The highest BCUT2D eigenvalue weighted by atomic mass is 16.2. The second kappa shape index (κ2) is 9.77. The number of amides is 2. The van der Waals surface area contributed by atoms with Crippen molar-refractivity contribution in [2.45, 2.75) is 51.0 Å². The molecule has 33 heavy (non-hydrogen) atoms. The second-order valence-corrected chi connectivity index (χ2v) is 9.65. The predicted molar refractivity (Wildman–Crippen MR) is 127 cm³/mol. The first-order valence-electron chi connectivity index (χ1n) is 12.5. The summed E-state index contributed by atoms with van der Waals surface area (Å²) < 4.78 is 1.64. The summed E-state index contributed by atoms with van der Waals surface area (Å²) in [6.07, 6.45) is 7.10. The molecule has 3 saturated heterocycles. The van der Waals surface area contributed by atoms with Gasteiger partial charge < -0.3 is 15.1 Å². The van der Waals surface area contributed by atoms with E-state index in [-0.39, 0.29) is 17.9 Å². The molecule has 5 heterocycles. The number of anilines is 1. The van der Waals surface area contributed by atoms with Crippen molar-refractivity contribution in [2.24, 2.45) is 7.05 Å². The number of nitrogens with one attached hydrogen (secondary N) is 1. The van der Waals surface area contributed by atoms with E-state index >= 15 is 0 Å². The summed E-state index contributed by atoms with van der Waals surface area (Å²) in [6.45, 7) is 7.52. The second-order valence-electron chi connectivity index (χ2n) is 9.65. The third kappa shape index (κ3) is 4.89. The van der Waals surface area contributed by atoms with Gasteiger partial charge in [0, 0.05) is 52.2 Å². The van der Waals surface area contributed by atoms with Gasteiger partial charge in [-0.1, -0.05) is 0 Å². The zero-order valence-corrected chi connectivity index (χ0v) is 19.6. The van der Waals surface area contributed by atoms with Crippen molar-refractivity contribution in [1.29, 1.82) is 0 Å². The van der Waals surface area contributed by atoms with Gasteiger partial charge in [-0.25, -0.2) is 9.67 Å². The molecule has 2 aromatic heterocycles. The van der Waals surface area contributed by atoms with Gasteiger partial charge in [-0.2, -0.15) is 5.10 Å². The molecule has 0 radical (unpaired) electrons. The quantitative estimate of drug-likeness (QED) is 0.718. The summed E-state index contributed by atoms with van der Waals surface area (Å²) in [5.41, 5.74) is 1.04. The van der Waals surface area contributed by atoms with Gasteiger partial charge >= 0.3 is 0 Å². The monoisotopic (exact) mass is 453 g/mol. The minimum Gasteiger partial charge on any atom is -0.348 e. The molecule has 9 heteroatoms. The van der Waals surface area contributed by atoms with E-state index in [2.05, 4.69) is 25.2 Å². The Morgan fingerprint density at radius 1 is 1.00 bits per heavy atom. The first-order valence-corrected chi connectivity index (χ1v) is 12.5. The minimum absolute atomic E-state index is 0.111. The maximum Gasteiger partial charge on any atom is 0.272 e. The lowest BCUT2D eigenvalue weighted by Gasteiger charge is -2.33. The molecule has 3 aliphatic rings. The first-order chi connectivity index (χ1) is 16.1. The lowest BCUT2D eigenvalue weighted by Crippen LogP contribution is -2.46. The molecule has 3 fully saturated rings. The maximum absolute atomic E-state index is 13.1. The molecule has 0 spiro atoms. The molecule has 3 aliphatic heterocycles. The van der Waals surface area contributed by atoms with E-state index in [9.17, 15) is 9.59 Å². The summed E-state index contributed by atoms with van der Waals surface area (Å²) >= 11 is 0. The van der Waals surface area contributed by atoms with Crippen molar-refractivity contribution >= 4 is 28.7 Å². The van der Waals surface area contributed by atoms with Crippen molar-refractivity contribution in [1.82, 2.24) is 29.9 Å². The SMILES string of the molecule is Cn1nc(C(=O)NC2CCN(CCN3CCCC3)CC2)c2ccc(N3CCCCC3=O)nc21. The highest BCUT2D eigenvalue weighted by Gasteiger charge is 2.26. The number of nitrogens with zero attached hydrogens (tertiary/aromatic N) is 6. The van der Waals surface area contributed by atoms with Crippen LogP contribution in [0.15, 0.2) is 12.1 Å². The minimum atomic E-state index is -0.139. The normalized spacial score (nSPS) is 21.2. The molecule has 0 bridgehead atoms. The van der Waals surface area contributed by atoms with Gasteiger partial charge in [0.15, 0.2) is 11.3 Å². The number of hydrogen-bond donors (Lipinski definition) is 1. The van der Waals surface area contributed by atoms with E-state index in [4.69, 9.17) is 0 Å². The Bertz CT molecular complexity index is 1010. The van der Waals surface area contributed by atoms with Crippen LogP contribution in [0.3, 0.4) is 0 Å². The number of aromatic nitrogens is 3. The van der Waals surface area contributed by atoms with Gasteiger partial charge in [0.05, 0.1) is 5.39 Å². The molecule has 2 amide bonds. The first kappa shape index (κ1) is 22.3. The van der Waals surface area contributed by atoms with Crippen molar-refractivity contribution < 1.29 is 9.59 Å². The fourth-order valence-corrected chi connectivity index (χ4v) is 5.33. The van der Waals surface area contributed by atoms with E-state index in [1.807, 2.05) is 12.1 Å². The number of rotatable bonds is 6. The number of carbonyl (C=O) groups is 2. The van der Waals surface area contributed by atoms with E-state index < -0.39 is 0 Å². The number of aryl methyl sites for hydroxylation is 1. The maximum atomic E-state index is 13.1. The van der Waals surface area contributed by atoms with E-state index in [0.717, 1.165) is 57.2 Å². The van der Waals surface area contributed by atoms with Crippen LogP contribution in [0.25, 0.3) is 11.0 Å². The fraction of sp³-hybridized carbons (Fsp3) is 0.667. The lowest BCUT2D eigenvalue weighted by molar-refractivity contribution is -0.119. The largest absolute Gasteiger partial charge is 0.348 e. The topological polar surface area (TPSA) is 86.6 Å². The molecule has 0 aliphatic carbocycles. The number of carbonyl (C=O) groups excluding carboxylic acids is 2. The Morgan fingerprint density at radius 3 is 2.42 bits per heavy atom. The van der Waals surface area contributed by atoms with Gasteiger partial charge in [-0.05, 0) is 63.7 Å². The number of likely N-dealkylation sites (tertiary alicyclic amines) is 2. The summed E-state index contributed by atoms with van der Waals surface area (Å²) in [7, 11) is 1.80. The molecule has 178 valence electrons. The van der Waals surface area contributed by atoms with Crippen molar-refractivity contribution in [3.63, 3.8) is 0 Å². The Kier molecular flexibility index (Phi) is 6.59. The Labute approximate surface area is 195 Å². The number of pyridine rings is 1. The van der Waals surface area contributed by atoms with Crippen LogP contribution in [0.4, 0.5) is 5.82 Å². The summed E-state index contributed by atoms with van der Waals surface area (Å²) in [4.78, 5) is 36.8. The van der Waals surface area contributed by atoms with Gasteiger partial charge in [-0.15, -0.1) is 0 Å². The van der Waals surface area contributed by atoms with Crippen molar-refractivity contribution in [3.05, 3.63) is 17.8 Å². The molecule has 0 saturated carbocycles.